The van der Waals surface area contributed by atoms with E-state index in [0.29, 0.717) is 58.5 Å². The van der Waals surface area contributed by atoms with E-state index in [4.69, 9.17) is 15.0 Å². The number of halogens is 3. The second kappa shape index (κ2) is 43.1. The van der Waals surface area contributed by atoms with Crippen molar-refractivity contribution in [1.82, 2.24) is 49.8 Å². The minimum atomic E-state index is -1.29. The van der Waals surface area contributed by atoms with E-state index >= 15 is 0 Å². The number of benzene rings is 14. The molecule has 7 heterocycles. The van der Waals surface area contributed by atoms with Crippen LogP contribution >= 0.6 is 47.8 Å². The number of piperazine rings is 3. The summed E-state index contributed by atoms with van der Waals surface area (Å²) >= 11 is 11.4. The van der Waals surface area contributed by atoms with E-state index < -0.39 is 16.8 Å². The van der Waals surface area contributed by atoms with Crippen LogP contribution in [0, 0.1) is 0 Å². The number of hydroxylamine groups is 2. The number of hydrogen-bond donors (Lipinski definition) is 5. The SMILES string of the molecule is CN(C)CCC(O)(c1cccc2ccccc12)c1cc(Br)cc2cc(Cc3ccccc3)c(N3CCN(Cc4ccccc4)CC3)nc12.CN(C)CCC(O)(c1cccc2ccccc12)c1cc(Br)cc2cc(Cc3ccccc3)c(N3CCN(O)CC3)nc12.CN(C)CCC(O)(c1cccc2ccccc12)c1cc(Br)cc2cc(Cc3ccccc3)c(N3CCN(c4n[nH]c5ccccc45)CC3)nc12. The fourth-order valence-electron chi connectivity index (χ4n) is 20.8. The van der Waals surface area contributed by atoms with Gasteiger partial charge in [-0.05, 0) is 216 Å². The van der Waals surface area contributed by atoms with Crippen molar-refractivity contribution in [2.24, 2.45) is 0 Å². The topological polar surface area (TPSA) is 177 Å². The summed E-state index contributed by atoms with van der Waals surface area (Å²) in [5, 5.41) is 69.1. The molecule has 14 aromatic carbocycles. The highest BCUT2D eigenvalue weighted by Gasteiger charge is 2.41. The highest BCUT2D eigenvalue weighted by Crippen LogP contribution is 2.48. The first-order chi connectivity index (χ1) is 68.1. The fraction of sp³-hybridized carbons (Fsp3) is 0.261. The van der Waals surface area contributed by atoms with Gasteiger partial charge in [0.05, 0.1) is 22.1 Å². The minimum Gasteiger partial charge on any atom is -0.380 e. The van der Waals surface area contributed by atoms with Crippen LogP contribution in [0.15, 0.2) is 341 Å². The zero-order valence-electron chi connectivity index (χ0n) is 80.5. The lowest BCUT2D eigenvalue weighted by Gasteiger charge is -2.37. The van der Waals surface area contributed by atoms with E-state index in [2.05, 4.69) is 417 Å². The van der Waals surface area contributed by atoms with E-state index in [1.807, 2.05) is 50.5 Å². The molecular formula is C119H121Br3N14O4. The van der Waals surface area contributed by atoms with Gasteiger partial charge in [-0.2, -0.15) is 10.2 Å². The van der Waals surface area contributed by atoms with Gasteiger partial charge in [-0.1, -0.05) is 309 Å². The Morgan fingerprint density at radius 1 is 0.293 bits per heavy atom. The largest absolute Gasteiger partial charge is 0.380 e. The molecule has 3 aliphatic rings. The molecule has 18 aromatic rings. The molecule has 3 saturated heterocycles. The molecule has 18 nitrogen and oxygen atoms in total. The van der Waals surface area contributed by atoms with Crippen LogP contribution in [0.4, 0.5) is 23.3 Å². The van der Waals surface area contributed by atoms with Crippen LogP contribution in [0.5, 0.6) is 0 Å². The zero-order valence-corrected chi connectivity index (χ0v) is 85.2. The molecule has 3 unspecified atom stereocenters. The van der Waals surface area contributed by atoms with Crippen LogP contribution in [0.1, 0.15) is 91.6 Å². The standard InChI is InChI=1S/C42H41BrN6O.C42H43BrN4O.C35H37BrN4O2/c1-47(2)20-19-42(50,36-17-10-14-30-13-6-7-15-34(30)36)37-28-33(43)27-31-26-32(25-29-11-4-3-5-12-29)40(44-39(31)37)48-21-23-49(24-22-48)41-35-16-8-9-18-38(35)45-46-41;1-45(2)21-20-42(48,38-19-11-17-33-16-9-10-18-37(33)38)39-29-36(43)28-34-27-35(26-31-12-5-3-6-13-31)41(44-40(34)39)47-24-22-46(23-25-47)30-32-14-7-4-8-15-32;1-38(2)16-15-35(41,31-14-8-12-26-11-6-7-13-30(26)31)32-24-29(36)23-27-22-28(21-25-9-4-3-5-10-25)34(37-33(27)32)39-17-19-40(42)20-18-39/h3-18,26-28,50H,19-25H2,1-2H3,(H,45,46);3-19,27-29,48H,20-26,30H2,1-2H3;3-14,22-24,41-42H,15-21H2,1-2H3. The molecule has 712 valence electrons. The number of nitrogens with one attached hydrogen (secondary N) is 1. The van der Waals surface area contributed by atoms with Gasteiger partial charge in [0.2, 0.25) is 0 Å². The highest BCUT2D eigenvalue weighted by molar-refractivity contribution is 9.11. The maximum absolute atomic E-state index is 13.1. The maximum atomic E-state index is 13.1. The van der Waals surface area contributed by atoms with Crippen molar-refractivity contribution in [2.45, 2.75) is 61.9 Å². The Morgan fingerprint density at radius 2 is 0.579 bits per heavy atom. The monoisotopic (exact) mass is 2050 g/mol. The van der Waals surface area contributed by atoms with Crippen LogP contribution in [0.2, 0.25) is 0 Å². The fourth-order valence-corrected chi connectivity index (χ4v) is 22.2. The lowest BCUT2D eigenvalue weighted by Crippen LogP contribution is -2.47. The van der Waals surface area contributed by atoms with E-state index in [0.717, 1.165) is 236 Å². The third-order valence-corrected chi connectivity index (χ3v) is 29.5. The first kappa shape index (κ1) is 96.7. The Labute approximate surface area is 846 Å². The Bertz CT molecular complexity index is 7370. The number of aromatic nitrogens is 5. The molecule has 0 saturated carbocycles. The summed E-state index contributed by atoms with van der Waals surface area (Å²) in [7, 11) is 12.3. The smallest absolute Gasteiger partial charge is 0.158 e. The van der Waals surface area contributed by atoms with E-state index in [1.54, 1.807) is 0 Å². The lowest BCUT2D eigenvalue weighted by molar-refractivity contribution is -0.0936. The number of nitrogens with zero attached hydrogens (tertiary/aromatic N) is 13. The van der Waals surface area contributed by atoms with Gasteiger partial charge in [0.1, 0.15) is 34.3 Å². The van der Waals surface area contributed by atoms with Gasteiger partial charge < -0.3 is 54.8 Å². The molecule has 3 atom stereocenters. The molecule has 21 rings (SSSR count). The summed E-state index contributed by atoms with van der Waals surface area (Å²) in [4.78, 5) is 35.0. The Balaban J connectivity index is 0.000000134. The summed E-state index contributed by atoms with van der Waals surface area (Å²) in [6, 6.07) is 114. The zero-order chi connectivity index (χ0) is 96.6. The van der Waals surface area contributed by atoms with Crippen LogP contribution < -0.4 is 19.6 Å². The van der Waals surface area contributed by atoms with Crippen LogP contribution in [0.3, 0.4) is 0 Å². The number of aliphatic hydroxyl groups is 3. The highest BCUT2D eigenvalue weighted by atomic mass is 79.9. The summed E-state index contributed by atoms with van der Waals surface area (Å²) < 4.78 is 2.76. The number of anilines is 4. The quantitative estimate of drug-likeness (QED) is 0.0328. The molecule has 3 aliphatic heterocycles. The molecule has 4 aromatic heterocycles. The number of hydrogen-bond acceptors (Lipinski definition) is 17. The Morgan fingerprint density at radius 3 is 0.921 bits per heavy atom. The number of pyridine rings is 3. The normalized spacial score (nSPS) is 15.4. The predicted octanol–water partition coefficient (Wildman–Crippen LogP) is 22.8. The third kappa shape index (κ3) is 21.4. The third-order valence-electron chi connectivity index (χ3n) is 28.1. The minimum absolute atomic E-state index is 0.505. The summed E-state index contributed by atoms with van der Waals surface area (Å²) in [6.07, 6.45) is 3.85. The molecule has 0 amide bonds. The van der Waals surface area contributed by atoms with Gasteiger partial charge in [0, 0.05) is 176 Å². The van der Waals surface area contributed by atoms with Crippen molar-refractivity contribution in [3.8, 4) is 0 Å². The number of fused-ring (bicyclic) bond motifs is 7. The van der Waals surface area contributed by atoms with E-state index in [-0.39, 0.29) is 0 Å². The second-order valence-electron chi connectivity index (χ2n) is 38.6. The van der Waals surface area contributed by atoms with E-state index in [9.17, 15) is 20.5 Å². The van der Waals surface area contributed by atoms with Crippen molar-refractivity contribution >= 4 is 147 Å². The van der Waals surface area contributed by atoms with Crippen molar-refractivity contribution in [2.75, 3.05) is 160 Å². The van der Waals surface area contributed by atoms with Crippen molar-refractivity contribution in [3.05, 3.63) is 413 Å². The van der Waals surface area contributed by atoms with Gasteiger partial charge >= 0.3 is 0 Å². The van der Waals surface area contributed by atoms with Gasteiger partial charge in [-0.3, -0.25) is 10.00 Å². The van der Waals surface area contributed by atoms with Crippen molar-refractivity contribution in [1.29, 1.82) is 0 Å². The van der Waals surface area contributed by atoms with Crippen LogP contribution in [-0.4, -0.2) is 211 Å². The maximum Gasteiger partial charge on any atom is 0.158 e. The molecule has 0 radical (unpaired) electrons. The molecule has 0 aliphatic carbocycles. The predicted molar refractivity (Wildman–Crippen MR) is 586 cm³/mol. The number of para-hydroxylation sites is 1. The van der Waals surface area contributed by atoms with Crippen molar-refractivity contribution < 1.29 is 20.5 Å². The number of rotatable bonds is 27. The average molecular weight is 2050 g/mol. The molecule has 0 spiro atoms. The summed E-state index contributed by atoms with van der Waals surface area (Å²) in [5.74, 6) is 3.91. The first-order valence-electron chi connectivity index (χ1n) is 48.8. The molecule has 5 N–H and O–H groups in total. The summed E-state index contributed by atoms with van der Waals surface area (Å²) in [6.45, 7) is 12.5. The Hall–Kier alpha value is -12.2. The van der Waals surface area contributed by atoms with Crippen molar-refractivity contribution in [3.63, 3.8) is 0 Å². The number of aromatic amines is 1. The second-order valence-corrected chi connectivity index (χ2v) is 41.3. The van der Waals surface area contributed by atoms with Crippen LogP contribution in [-0.2, 0) is 42.6 Å². The van der Waals surface area contributed by atoms with Gasteiger partial charge in [-0.15, -0.1) is 0 Å². The molecule has 21 heteroatoms. The van der Waals surface area contributed by atoms with Gasteiger partial charge in [0.25, 0.3) is 0 Å². The van der Waals surface area contributed by atoms with Gasteiger partial charge in [-0.25, -0.2) is 15.0 Å². The van der Waals surface area contributed by atoms with E-state index in [1.165, 1.54) is 38.4 Å². The van der Waals surface area contributed by atoms with Gasteiger partial charge in [0.15, 0.2) is 5.82 Å². The molecule has 3 fully saturated rings. The lowest BCUT2D eigenvalue weighted by atomic mass is 9.80. The number of H-pyrrole nitrogens is 1. The molecule has 140 heavy (non-hydrogen) atoms. The summed E-state index contributed by atoms with van der Waals surface area (Å²) in [5.41, 5.74) is 13.4. The molecule has 0 bridgehead atoms. The Kier molecular flexibility index (Phi) is 29.8. The van der Waals surface area contributed by atoms with Crippen LogP contribution in [0.25, 0.3) is 75.9 Å². The average Bonchev–Trinajstić information content (AvgIpc) is 0.783. The first-order valence-corrected chi connectivity index (χ1v) is 51.2. The molecular weight excluding hydrogens is 1930 g/mol.